The lowest BCUT2D eigenvalue weighted by atomic mass is 9.94. The van der Waals surface area contributed by atoms with E-state index < -0.39 is 0 Å². The molecule has 0 aliphatic heterocycles. The van der Waals surface area contributed by atoms with Gasteiger partial charge in [0, 0.05) is 13.2 Å². The van der Waals surface area contributed by atoms with Crippen LogP contribution in [0.25, 0.3) is 0 Å². The van der Waals surface area contributed by atoms with Gasteiger partial charge >= 0.3 is 0 Å². The maximum Gasteiger partial charge on any atom is 0.0459 e. The van der Waals surface area contributed by atoms with Crippen molar-refractivity contribution < 1.29 is 10.2 Å². The molecule has 0 fully saturated rings. The molecule has 2 N–H and O–H groups in total. The fourth-order valence-corrected chi connectivity index (χ4v) is 0.668. The molecule has 9 heavy (non-hydrogen) atoms. The topological polar surface area (TPSA) is 40.5 Å². The number of hydrogen-bond donors (Lipinski definition) is 2. The van der Waals surface area contributed by atoms with E-state index in [1.165, 1.54) is 0 Å². The second-order valence-electron chi connectivity index (χ2n) is 2.65. The van der Waals surface area contributed by atoms with Crippen molar-refractivity contribution in [2.45, 2.75) is 20.3 Å². The molecule has 56 valence electrons. The highest BCUT2D eigenvalue weighted by molar-refractivity contribution is 4.59. The third-order valence-corrected chi connectivity index (χ3v) is 1.84. The van der Waals surface area contributed by atoms with E-state index in [-0.39, 0.29) is 13.2 Å². The Morgan fingerprint density at radius 2 is 1.67 bits per heavy atom. The van der Waals surface area contributed by atoms with E-state index in [1.807, 2.05) is 13.8 Å². The Bertz CT molecular complexity index is 63.9. The summed E-state index contributed by atoms with van der Waals surface area (Å²) in [5, 5.41) is 17.1. The van der Waals surface area contributed by atoms with Crippen molar-refractivity contribution in [2.24, 2.45) is 11.8 Å². The Labute approximate surface area is 56.5 Å². The predicted molar refractivity (Wildman–Crippen MR) is 37.1 cm³/mol. The smallest absolute Gasteiger partial charge is 0.0459 e. The first-order valence-corrected chi connectivity index (χ1v) is 3.44. The Hall–Kier alpha value is -0.0800. The van der Waals surface area contributed by atoms with Gasteiger partial charge in [-0.1, -0.05) is 13.8 Å². The highest BCUT2D eigenvalue weighted by Crippen LogP contribution is 2.12. The SMILES string of the molecule is C[C@@H](CO)[C@@H](C)CCO. The first kappa shape index (κ1) is 8.92. The quantitative estimate of drug-likeness (QED) is 0.589. The van der Waals surface area contributed by atoms with Gasteiger partial charge in [0.1, 0.15) is 0 Å². The van der Waals surface area contributed by atoms with Crippen molar-refractivity contribution in [3.8, 4) is 0 Å². The van der Waals surface area contributed by atoms with Gasteiger partial charge in [0.2, 0.25) is 0 Å². The summed E-state index contributed by atoms with van der Waals surface area (Å²) in [4.78, 5) is 0. The number of aliphatic hydroxyl groups excluding tert-OH is 2. The number of rotatable bonds is 4. The second-order valence-corrected chi connectivity index (χ2v) is 2.65. The number of hydrogen-bond acceptors (Lipinski definition) is 2. The van der Waals surface area contributed by atoms with E-state index in [0.29, 0.717) is 11.8 Å². The van der Waals surface area contributed by atoms with E-state index in [1.54, 1.807) is 0 Å². The Balaban J connectivity index is 3.32. The average Bonchev–Trinajstić information content (AvgIpc) is 1.87. The minimum Gasteiger partial charge on any atom is -0.396 e. The molecule has 0 saturated heterocycles. The van der Waals surface area contributed by atoms with Crippen LogP contribution < -0.4 is 0 Å². The fraction of sp³-hybridized carbons (Fsp3) is 1.00. The summed E-state index contributed by atoms with van der Waals surface area (Å²) in [6.07, 6.45) is 0.793. The normalized spacial score (nSPS) is 17.3. The summed E-state index contributed by atoms with van der Waals surface area (Å²) in [5.74, 6) is 0.747. The van der Waals surface area contributed by atoms with E-state index in [4.69, 9.17) is 10.2 Å². The lowest BCUT2D eigenvalue weighted by molar-refractivity contribution is 0.169. The predicted octanol–water partition coefficient (Wildman–Crippen LogP) is 0.633. The monoisotopic (exact) mass is 132 g/mol. The highest BCUT2D eigenvalue weighted by atomic mass is 16.3. The maximum absolute atomic E-state index is 8.65. The van der Waals surface area contributed by atoms with E-state index in [0.717, 1.165) is 6.42 Å². The van der Waals surface area contributed by atoms with Crippen LogP contribution in [-0.2, 0) is 0 Å². The molecule has 0 aromatic rings. The van der Waals surface area contributed by atoms with Crippen molar-refractivity contribution in [2.75, 3.05) is 13.2 Å². The molecule has 2 heteroatoms. The third kappa shape index (κ3) is 3.49. The first-order chi connectivity index (χ1) is 4.22. The summed E-state index contributed by atoms with van der Waals surface area (Å²) in [6.45, 7) is 4.48. The van der Waals surface area contributed by atoms with Gasteiger partial charge < -0.3 is 10.2 Å². The summed E-state index contributed by atoms with van der Waals surface area (Å²) in [5.41, 5.74) is 0. The standard InChI is InChI=1S/C7H16O2/c1-6(3-4-8)7(2)5-9/h6-9H,3-5H2,1-2H3/t6-,7-/m0/s1. The zero-order valence-corrected chi connectivity index (χ0v) is 6.17. The minimum absolute atomic E-state index is 0.223. The second kappa shape index (κ2) is 4.77. The van der Waals surface area contributed by atoms with Gasteiger partial charge in [-0.15, -0.1) is 0 Å². The van der Waals surface area contributed by atoms with Crippen molar-refractivity contribution in [3.05, 3.63) is 0 Å². The zero-order valence-electron chi connectivity index (χ0n) is 6.17. The van der Waals surface area contributed by atoms with Crippen LogP contribution in [0.2, 0.25) is 0 Å². The molecule has 0 amide bonds. The van der Waals surface area contributed by atoms with Gasteiger partial charge in [-0.25, -0.2) is 0 Å². The molecular weight excluding hydrogens is 116 g/mol. The van der Waals surface area contributed by atoms with E-state index >= 15 is 0 Å². The lowest BCUT2D eigenvalue weighted by Gasteiger charge is -2.15. The van der Waals surface area contributed by atoms with Crippen molar-refractivity contribution >= 4 is 0 Å². The molecule has 0 aromatic heterocycles. The van der Waals surface area contributed by atoms with Crippen molar-refractivity contribution in [1.29, 1.82) is 0 Å². The van der Waals surface area contributed by atoms with Crippen LogP contribution in [0.1, 0.15) is 20.3 Å². The minimum atomic E-state index is 0.223. The molecule has 0 rings (SSSR count). The van der Waals surface area contributed by atoms with Crippen molar-refractivity contribution in [1.82, 2.24) is 0 Å². The molecule has 0 saturated carbocycles. The molecule has 0 heterocycles. The van der Waals surface area contributed by atoms with Gasteiger partial charge in [0.15, 0.2) is 0 Å². The summed E-state index contributed by atoms with van der Waals surface area (Å²) in [6, 6.07) is 0. The van der Waals surface area contributed by atoms with Crippen LogP contribution in [0.15, 0.2) is 0 Å². The lowest BCUT2D eigenvalue weighted by Crippen LogP contribution is -2.13. The molecule has 0 bridgehead atoms. The van der Waals surface area contributed by atoms with E-state index in [2.05, 4.69) is 0 Å². The molecule has 0 unspecified atom stereocenters. The van der Waals surface area contributed by atoms with Crippen LogP contribution in [0.3, 0.4) is 0 Å². The summed E-state index contributed by atoms with van der Waals surface area (Å²) >= 11 is 0. The Morgan fingerprint density at radius 3 is 2.00 bits per heavy atom. The van der Waals surface area contributed by atoms with Crippen LogP contribution in [0, 0.1) is 11.8 Å². The van der Waals surface area contributed by atoms with Gasteiger partial charge in [0.05, 0.1) is 0 Å². The first-order valence-electron chi connectivity index (χ1n) is 3.44. The highest BCUT2D eigenvalue weighted by Gasteiger charge is 2.08. The average molecular weight is 132 g/mol. The Kier molecular flexibility index (Phi) is 4.72. The molecule has 0 aliphatic carbocycles. The van der Waals surface area contributed by atoms with Gasteiger partial charge in [-0.3, -0.25) is 0 Å². The van der Waals surface area contributed by atoms with Crippen LogP contribution in [-0.4, -0.2) is 23.4 Å². The fourth-order valence-electron chi connectivity index (χ4n) is 0.668. The molecule has 0 aliphatic rings. The largest absolute Gasteiger partial charge is 0.396 e. The van der Waals surface area contributed by atoms with Gasteiger partial charge in [0.25, 0.3) is 0 Å². The third-order valence-electron chi connectivity index (χ3n) is 1.84. The number of aliphatic hydroxyl groups is 2. The molecule has 0 aromatic carbocycles. The molecule has 0 radical (unpaired) electrons. The molecule has 2 atom stereocenters. The maximum atomic E-state index is 8.65. The van der Waals surface area contributed by atoms with Crippen LogP contribution in [0.5, 0.6) is 0 Å². The van der Waals surface area contributed by atoms with Gasteiger partial charge in [-0.05, 0) is 18.3 Å². The summed E-state index contributed by atoms with van der Waals surface area (Å²) in [7, 11) is 0. The van der Waals surface area contributed by atoms with Crippen LogP contribution >= 0.6 is 0 Å². The van der Waals surface area contributed by atoms with Crippen LogP contribution in [0.4, 0.5) is 0 Å². The summed E-state index contributed by atoms with van der Waals surface area (Å²) < 4.78 is 0. The molecular formula is C7H16O2. The van der Waals surface area contributed by atoms with E-state index in [9.17, 15) is 0 Å². The van der Waals surface area contributed by atoms with Crippen molar-refractivity contribution in [3.63, 3.8) is 0 Å². The molecule has 2 nitrogen and oxygen atoms in total. The van der Waals surface area contributed by atoms with Gasteiger partial charge in [-0.2, -0.15) is 0 Å². The zero-order chi connectivity index (χ0) is 7.28. The molecule has 0 spiro atoms. The Morgan fingerprint density at radius 1 is 1.11 bits per heavy atom.